The zero-order valence-corrected chi connectivity index (χ0v) is 13.9. The number of rotatable bonds is 5. The minimum Gasteiger partial charge on any atom is -0.374 e. The van der Waals surface area contributed by atoms with Crippen LogP contribution in [0, 0.1) is 0 Å². The van der Waals surface area contributed by atoms with E-state index in [0.717, 1.165) is 44.3 Å². The minimum absolute atomic E-state index is 0.142. The second-order valence-electron chi connectivity index (χ2n) is 6.39. The van der Waals surface area contributed by atoms with Crippen molar-refractivity contribution in [2.24, 2.45) is 0 Å². The van der Waals surface area contributed by atoms with Crippen LogP contribution in [0.25, 0.3) is 0 Å². The van der Waals surface area contributed by atoms with Crippen LogP contribution < -0.4 is 5.32 Å². The Morgan fingerprint density at radius 1 is 1.50 bits per heavy atom. The molecule has 114 valence electrons. The topological polar surface area (TPSA) is 37.4 Å². The molecule has 1 fully saturated rings. The minimum atomic E-state index is 0.142. The highest BCUT2D eigenvalue weighted by molar-refractivity contribution is 7.09. The summed E-state index contributed by atoms with van der Waals surface area (Å²) >= 11 is 1.74. The Labute approximate surface area is 126 Å². The van der Waals surface area contributed by atoms with Crippen molar-refractivity contribution in [2.45, 2.75) is 45.8 Å². The summed E-state index contributed by atoms with van der Waals surface area (Å²) in [5, 5.41) is 6.82. The van der Waals surface area contributed by atoms with E-state index >= 15 is 0 Å². The number of likely N-dealkylation sites (N-methyl/N-ethyl adjacent to an activating group) is 1. The van der Waals surface area contributed by atoms with Crippen molar-refractivity contribution in [2.75, 3.05) is 32.8 Å². The summed E-state index contributed by atoms with van der Waals surface area (Å²) in [5.74, 6) is 0. The molecule has 0 radical (unpaired) electrons. The first-order chi connectivity index (χ1) is 9.49. The normalized spacial score (nSPS) is 21.3. The summed E-state index contributed by atoms with van der Waals surface area (Å²) in [6.07, 6.45) is 0.311. The van der Waals surface area contributed by atoms with Gasteiger partial charge in [-0.2, -0.15) is 0 Å². The average molecular weight is 297 g/mol. The summed E-state index contributed by atoms with van der Waals surface area (Å²) in [4.78, 5) is 7.14. The molecule has 5 heteroatoms. The van der Waals surface area contributed by atoms with E-state index in [0.29, 0.717) is 6.10 Å². The Bertz CT molecular complexity index is 413. The zero-order chi connectivity index (χ0) is 14.6. The van der Waals surface area contributed by atoms with Gasteiger partial charge < -0.3 is 10.1 Å². The van der Waals surface area contributed by atoms with Gasteiger partial charge in [0.25, 0.3) is 0 Å². The molecule has 0 aliphatic carbocycles. The second kappa shape index (κ2) is 6.98. The summed E-state index contributed by atoms with van der Waals surface area (Å²) in [7, 11) is 0. The first-order valence-electron chi connectivity index (χ1n) is 7.48. The van der Waals surface area contributed by atoms with Crippen LogP contribution in [0.3, 0.4) is 0 Å². The smallest absolute Gasteiger partial charge is 0.107 e. The highest BCUT2D eigenvalue weighted by atomic mass is 32.1. The van der Waals surface area contributed by atoms with Gasteiger partial charge in [0.2, 0.25) is 0 Å². The van der Waals surface area contributed by atoms with E-state index in [4.69, 9.17) is 9.72 Å². The summed E-state index contributed by atoms with van der Waals surface area (Å²) in [6, 6.07) is 0. The van der Waals surface area contributed by atoms with E-state index in [9.17, 15) is 0 Å². The van der Waals surface area contributed by atoms with Crippen LogP contribution >= 0.6 is 11.3 Å². The molecule has 1 aliphatic rings. The maximum Gasteiger partial charge on any atom is 0.107 e. The maximum absolute atomic E-state index is 5.79. The van der Waals surface area contributed by atoms with Gasteiger partial charge in [0.1, 0.15) is 5.01 Å². The maximum atomic E-state index is 5.79. The highest BCUT2D eigenvalue weighted by Gasteiger charge is 2.19. The predicted octanol–water partition coefficient (Wildman–Crippen LogP) is 2.25. The summed E-state index contributed by atoms with van der Waals surface area (Å²) in [6.45, 7) is 14.6. The molecule has 2 rings (SSSR count). The number of nitrogens with one attached hydrogen (secondary N) is 1. The standard InChI is InChI=1S/C15H27N3OS/c1-5-18-6-7-19-12(10-18)8-16-9-14-17-13(11-20-14)15(2,3)4/h11-12,16H,5-10H2,1-4H3. The van der Waals surface area contributed by atoms with E-state index < -0.39 is 0 Å². The molecular formula is C15H27N3OS. The molecule has 0 bridgehead atoms. The van der Waals surface area contributed by atoms with Gasteiger partial charge in [-0.3, -0.25) is 4.90 Å². The third kappa shape index (κ3) is 4.52. The third-order valence-corrected chi connectivity index (χ3v) is 4.49. The van der Waals surface area contributed by atoms with Gasteiger partial charge in [0.05, 0.1) is 18.4 Å². The molecule has 1 aromatic rings. The van der Waals surface area contributed by atoms with Gasteiger partial charge in [0, 0.05) is 37.0 Å². The SMILES string of the molecule is CCN1CCOC(CNCc2nc(C(C)(C)C)cs2)C1. The van der Waals surface area contributed by atoms with Crippen LogP contribution in [0.4, 0.5) is 0 Å². The van der Waals surface area contributed by atoms with E-state index in [1.54, 1.807) is 11.3 Å². The van der Waals surface area contributed by atoms with Crippen molar-refractivity contribution in [1.82, 2.24) is 15.2 Å². The lowest BCUT2D eigenvalue weighted by Gasteiger charge is -2.32. The molecule has 1 saturated heterocycles. The van der Waals surface area contributed by atoms with Gasteiger partial charge in [-0.1, -0.05) is 27.7 Å². The summed E-state index contributed by atoms with van der Waals surface area (Å²) < 4.78 is 5.79. The quantitative estimate of drug-likeness (QED) is 0.904. The molecule has 1 atom stereocenters. The van der Waals surface area contributed by atoms with Gasteiger partial charge in [-0.25, -0.2) is 4.98 Å². The molecule has 0 spiro atoms. The number of morpholine rings is 1. The molecule has 1 N–H and O–H groups in total. The molecule has 0 aromatic carbocycles. The van der Waals surface area contributed by atoms with Gasteiger partial charge >= 0.3 is 0 Å². The van der Waals surface area contributed by atoms with Crippen molar-refractivity contribution in [3.8, 4) is 0 Å². The molecule has 4 nitrogen and oxygen atoms in total. The average Bonchev–Trinajstić information content (AvgIpc) is 2.88. The van der Waals surface area contributed by atoms with Crippen LogP contribution in [0.5, 0.6) is 0 Å². The molecule has 0 amide bonds. The van der Waals surface area contributed by atoms with Crippen molar-refractivity contribution >= 4 is 11.3 Å². The fourth-order valence-electron chi connectivity index (χ4n) is 2.27. The molecule has 1 aromatic heterocycles. The lowest BCUT2D eigenvalue weighted by molar-refractivity contribution is -0.0253. The number of aromatic nitrogens is 1. The number of thiazole rings is 1. The Hall–Kier alpha value is -0.490. The van der Waals surface area contributed by atoms with Crippen LogP contribution in [0.2, 0.25) is 0 Å². The van der Waals surface area contributed by atoms with Crippen LogP contribution in [-0.4, -0.2) is 48.8 Å². The number of ether oxygens (including phenoxy) is 1. The fourth-order valence-corrected chi connectivity index (χ4v) is 3.26. The molecule has 1 unspecified atom stereocenters. The van der Waals surface area contributed by atoms with Gasteiger partial charge in [-0.05, 0) is 6.54 Å². The number of hydrogen-bond acceptors (Lipinski definition) is 5. The Kier molecular flexibility index (Phi) is 5.55. The van der Waals surface area contributed by atoms with E-state index in [2.05, 4.69) is 43.3 Å². The molecule has 1 aliphatic heterocycles. The zero-order valence-electron chi connectivity index (χ0n) is 13.1. The lowest BCUT2D eigenvalue weighted by Crippen LogP contribution is -2.46. The van der Waals surface area contributed by atoms with Crippen molar-refractivity contribution < 1.29 is 4.74 Å². The Balaban J connectivity index is 1.74. The first kappa shape index (κ1) is 15.9. The predicted molar refractivity (Wildman–Crippen MR) is 84.4 cm³/mol. The van der Waals surface area contributed by atoms with Crippen molar-refractivity contribution in [1.29, 1.82) is 0 Å². The van der Waals surface area contributed by atoms with Crippen LogP contribution in [0.1, 0.15) is 38.4 Å². The first-order valence-corrected chi connectivity index (χ1v) is 8.36. The third-order valence-electron chi connectivity index (χ3n) is 3.64. The fraction of sp³-hybridized carbons (Fsp3) is 0.800. The highest BCUT2D eigenvalue weighted by Crippen LogP contribution is 2.23. The van der Waals surface area contributed by atoms with Crippen molar-refractivity contribution in [3.63, 3.8) is 0 Å². The molecular weight excluding hydrogens is 270 g/mol. The van der Waals surface area contributed by atoms with Gasteiger partial charge in [-0.15, -0.1) is 11.3 Å². The van der Waals surface area contributed by atoms with Gasteiger partial charge in [0.15, 0.2) is 0 Å². The lowest BCUT2D eigenvalue weighted by atomic mass is 9.93. The van der Waals surface area contributed by atoms with E-state index in [-0.39, 0.29) is 5.41 Å². The van der Waals surface area contributed by atoms with Crippen LogP contribution in [0.15, 0.2) is 5.38 Å². The molecule has 20 heavy (non-hydrogen) atoms. The molecule has 0 saturated carbocycles. The Morgan fingerprint density at radius 2 is 2.30 bits per heavy atom. The molecule has 2 heterocycles. The number of hydrogen-bond donors (Lipinski definition) is 1. The van der Waals surface area contributed by atoms with E-state index in [1.807, 2.05) is 0 Å². The van der Waals surface area contributed by atoms with E-state index in [1.165, 1.54) is 5.69 Å². The number of nitrogens with zero attached hydrogens (tertiary/aromatic N) is 2. The van der Waals surface area contributed by atoms with Crippen molar-refractivity contribution in [3.05, 3.63) is 16.1 Å². The van der Waals surface area contributed by atoms with Crippen LogP contribution in [-0.2, 0) is 16.7 Å². The Morgan fingerprint density at radius 3 is 2.95 bits per heavy atom. The second-order valence-corrected chi connectivity index (χ2v) is 7.34. The monoisotopic (exact) mass is 297 g/mol. The largest absolute Gasteiger partial charge is 0.374 e. The summed E-state index contributed by atoms with van der Waals surface area (Å²) in [5.41, 5.74) is 1.33.